The van der Waals surface area contributed by atoms with Gasteiger partial charge in [0.25, 0.3) is 0 Å². The highest BCUT2D eigenvalue weighted by atomic mass is 35.5. The van der Waals surface area contributed by atoms with E-state index in [2.05, 4.69) is 58.7 Å². The molecule has 0 amide bonds. The Morgan fingerprint density at radius 2 is 1.70 bits per heavy atom. The van der Waals surface area contributed by atoms with Crippen molar-refractivity contribution in [2.45, 2.75) is 6.42 Å². The molecule has 0 atom stereocenters. The maximum Gasteiger partial charge on any atom is 0.0874 e. The predicted molar refractivity (Wildman–Crippen MR) is 115 cm³/mol. The molecule has 0 radical (unpaired) electrons. The summed E-state index contributed by atoms with van der Waals surface area (Å²) in [5.41, 5.74) is 6.41. The molecule has 0 saturated carbocycles. The van der Waals surface area contributed by atoms with Crippen molar-refractivity contribution in [1.82, 2.24) is 5.32 Å². The third-order valence-corrected chi connectivity index (χ3v) is 5.00. The average Bonchev–Trinajstić information content (AvgIpc) is 2.83. The third kappa shape index (κ3) is 3.61. The molecule has 0 saturated heterocycles. The lowest BCUT2D eigenvalue weighted by Crippen LogP contribution is -2.23. The highest BCUT2D eigenvalue weighted by molar-refractivity contribution is 6.31. The molecule has 1 heterocycles. The molecule has 3 aromatic rings. The number of nitrogens with one attached hydrogen (secondary N) is 1. The van der Waals surface area contributed by atoms with Gasteiger partial charge in [-0.25, -0.2) is 4.99 Å². The molecule has 0 bridgehead atoms. The molecule has 4 rings (SSSR count). The van der Waals surface area contributed by atoms with Gasteiger partial charge in [-0.2, -0.15) is 0 Å². The molecule has 0 aliphatic carbocycles. The van der Waals surface area contributed by atoms with Crippen LogP contribution in [0.2, 0.25) is 5.02 Å². The smallest absolute Gasteiger partial charge is 0.0874 e. The summed E-state index contributed by atoms with van der Waals surface area (Å²) in [6.07, 6.45) is 1.05. The fraction of sp³-hybridized carbons (Fsp3) is 0.174. The van der Waals surface area contributed by atoms with Crippen LogP contribution < -0.4 is 10.2 Å². The van der Waals surface area contributed by atoms with E-state index < -0.39 is 0 Å². The first-order chi connectivity index (χ1) is 13.3. The quantitative estimate of drug-likeness (QED) is 0.590. The van der Waals surface area contributed by atoms with E-state index in [0.717, 1.165) is 52.7 Å². The number of hydrogen-bond acceptors (Lipinski definition) is 3. The zero-order valence-electron chi connectivity index (χ0n) is 15.3. The number of rotatable bonds is 5. The number of hydrogen-bond donors (Lipinski definition) is 1. The van der Waals surface area contributed by atoms with Gasteiger partial charge in [0.1, 0.15) is 0 Å². The largest absolute Gasteiger partial charge is 0.339 e. The van der Waals surface area contributed by atoms with Gasteiger partial charge in [0, 0.05) is 22.7 Å². The van der Waals surface area contributed by atoms with Gasteiger partial charge in [-0.05, 0) is 50.3 Å². The predicted octanol–water partition coefficient (Wildman–Crippen LogP) is 5.57. The molecule has 3 aromatic carbocycles. The standard InChI is InChI=1S/C23H22ClN3/c1-25-14-7-15-27-21-12-4-2-10-19(21)23(17-8-6-9-18(24)16-17)26-20-11-3-5-13-22(20)27/h2-6,8-13,16,25H,7,14-15H2,1H3. The maximum absolute atomic E-state index is 6.27. The van der Waals surface area contributed by atoms with E-state index in [4.69, 9.17) is 16.6 Å². The lowest BCUT2D eigenvalue weighted by atomic mass is 10.00. The van der Waals surface area contributed by atoms with Crippen LogP contribution in [0.4, 0.5) is 17.1 Å². The Morgan fingerprint density at radius 1 is 0.926 bits per heavy atom. The van der Waals surface area contributed by atoms with Crippen LogP contribution in [0.15, 0.2) is 77.8 Å². The fourth-order valence-electron chi connectivity index (χ4n) is 3.52. The van der Waals surface area contributed by atoms with E-state index >= 15 is 0 Å². The van der Waals surface area contributed by atoms with Crippen molar-refractivity contribution in [1.29, 1.82) is 0 Å². The van der Waals surface area contributed by atoms with Gasteiger partial charge in [-0.15, -0.1) is 0 Å². The first-order valence-corrected chi connectivity index (χ1v) is 9.61. The maximum atomic E-state index is 6.27. The minimum absolute atomic E-state index is 0.719. The van der Waals surface area contributed by atoms with Crippen LogP contribution in [0.1, 0.15) is 17.5 Å². The number of benzene rings is 3. The second-order valence-corrected chi connectivity index (χ2v) is 7.02. The van der Waals surface area contributed by atoms with Crippen molar-refractivity contribution >= 4 is 34.4 Å². The fourth-order valence-corrected chi connectivity index (χ4v) is 3.71. The zero-order chi connectivity index (χ0) is 18.6. The summed E-state index contributed by atoms with van der Waals surface area (Å²) >= 11 is 6.27. The van der Waals surface area contributed by atoms with Crippen LogP contribution in [0.25, 0.3) is 0 Å². The van der Waals surface area contributed by atoms with E-state index in [0.29, 0.717) is 0 Å². The van der Waals surface area contributed by atoms with Crippen molar-refractivity contribution in [2.24, 2.45) is 4.99 Å². The normalized spacial score (nSPS) is 12.8. The molecule has 0 aromatic heterocycles. The molecule has 0 unspecified atom stereocenters. The lowest BCUT2D eigenvalue weighted by Gasteiger charge is -2.26. The monoisotopic (exact) mass is 375 g/mol. The summed E-state index contributed by atoms with van der Waals surface area (Å²) in [5.74, 6) is 0. The molecule has 3 nitrogen and oxygen atoms in total. The summed E-state index contributed by atoms with van der Waals surface area (Å²) in [6, 6.07) is 24.8. The number of halogens is 1. The van der Waals surface area contributed by atoms with E-state index in [9.17, 15) is 0 Å². The van der Waals surface area contributed by atoms with Crippen molar-refractivity contribution < 1.29 is 0 Å². The summed E-state index contributed by atoms with van der Waals surface area (Å²) in [4.78, 5) is 7.45. The van der Waals surface area contributed by atoms with Crippen molar-refractivity contribution in [2.75, 3.05) is 25.0 Å². The van der Waals surface area contributed by atoms with Crippen LogP contribution >= 0.6 is 11.6 Å². The number of para-hydroxylation sites is 3. The van der Waals surface area contributed by atoms with Crippen molar-refractivity contribution in [3.05, 3.63) is 88.9 Å². The highest BCUT2D eigenvalue weighted by Gasteiger charge is 2.23. The SMILES string of the molecule is CNCCCN1c2ccccc2N=C(c2cccc(Cl)c2)c2ccccc21. The molecule has 1 aliphatic rings. The van der Waals surface area contributed by atoms with Gasteiger partial charge < -0.3 is 10.2 Å². The van der Waals surface area contributed by atoms with Crippen molar-refractivity contribution in [3.8, 4) is 0 Å². The van der Waals surface area contributed by atoms with Crippen LogP contribution in [0, 0.1) is 0 Å². The van der Waals surface area contributed by atoms with E-state index in [-0.39, 0.29) is 0 Å². The Balaban J connectivity index is 1.91. The highest BCUT2D eigenvalue weighted by Crippen LogP contribution is 2.40. The molecule has 136 valence electrons. The van der Waals surface area contributed by atoms with E-state index in [1.807, 2.05) is 31.3 Å². The topological polar surface area (TPSA) is 27.6 Å². The van der Waals surface area contributed by atoms with Crippen LogP contribution in [-0.4, -0.2) is 25.8 Å². The minimum Gasteiger partial charge on any atom is -0.339 e. The molecule has 0 spiro atoms. The lowest BCUT2D eigenvalue weighted by molar-refractivity contribution is 0.723. The first kappa shape index (κ1) is 17.8. The Kier molecular flexibility index (Phi) is 5.23. The second kappa shape index (κ2) is 7.95. The van der Waals surface area contributed by atoms with Gasteiger partial charge in [0.2, 0.25) is 0 Å². The van der Waals surface area contributed by atoms with Gasteiger partial charge in [0.15, 0.2) is 0 Å². The molecule has 4 heteroatoms. The number of nitrogens with zero attached hydrogens (tertiary/aromatic N) is 2. The van der Waals surface area contributed by atoms with Crippen LogP contribution in [0.3, 0.4) is 0 Å². The molecular weight excluding hydrogens is 354 g/mol. The summed E-state index contributed by atoms with van der Waals surface area (Å²) < 4.78 is 0. The summed E-state index contributed by atoms with van der Waals surface area (Å²) in [5, 5.41) is 3.96. The number of anilines is 2. The van der Waals surface area contributed by atoms with Gasteiger partial charge >= 0.3 is 0 Å². The molecular formula is C23H22ClN3. The molecule has 1 aliphatic heterocycles. The first-order valence-electron chi connectivity index (χ1n) is 9.23. The number of fused-ring (bicyclic) bond motifs is 2. The number of aliphatic imine (C=N–C) groups is 1. The summed E-state index contributed by atoms with van der Waals surface area (Å²) in [7, 11) is 1.99. The Bertz CT molecular complexity index is 981. The minimum atomic E-state index is 0.719. The van der Waals surface area contributed by atoms with Gasteiger partial charge in [-0.1, -0.05) is 54.1 Å². The zero-order valence-corrected chi connectivity index (χ0v) is 16.1. The molecule has 1 N–H and O–H groups in total. The Hall–Kier alpha value is -2.62. The second-order valence-electron chi connectivity index (χ2n) is 6.59. The third-order valence-electron chi connectivity index (χ3n) is 4.76. The van der Waals surface area contributed by atoms with Crippen molar-refractivity contribution in [3.63, 3.8) is 0 Å². The van der Waals surface area contributed by atoms with Gasteiger partial charge in [0.05, 0.1) is 22.8 Å². The Labute approximate surface area is 165 Å². The average molecular weight is 376 g/mol. The molecule has 27 heavy (non-hydrogen) atoms. The van der Waals surface area contributed by atoms with E-state index in [1.54, 1.807) is 0 Å². The van der Waals surface area contributed by atoms with E-state index in [1.165, 1.54) is 5.69 Å². The Morgan fingerprint density at radius 3 is 2.52 bits per heavy atom. The summed E-state index contributed by atoms with van der Waals surface area (Å²) in [6.45, 7) is 1.90. The van der Waals surface area contributed by atoms with Crippen LogP contribution in [0.5, 0.6) is 0 Å². The van der Waals surface area contributed by atoms with Crippen LogP contribution in [-0.2, 0) is 0 Å². The molecule has 0 fully saturated rings. The van der Waals surface area contributed by atoms with Gasteiger partial charge in [-0.3, -0.25) is 0 Å².